The fourth-order valence-corrected chi connectivity index (χ4v) is 4.33. The van der Waals surface area contributed by atoms with Gasteiger partial charge in [-0.15, -0.1) is 0 Å². The number of aryl methyl sites for hydroxylation is 1. The van der Waals surface area contributed by atoms with Gasteiger partial charge in [-0.2, -0.15) is 0 Å². The Morgan fingerprint density at radius 2 is 1.64 bits per heavy atom. The molecule has 1 aliphatic carbocycles. The zero-order valence-electron chi connectivity index (χ0n) is 16.3. The summed E-state index contributed by atoms with van der Waals surface area (Å²) in [5.41, 5.74) is 7.98. The van der Waals surface area contributed by atoms with Crippen molar-refractivity contribution in [3.8, 4) is 22.6 Å². The third-order valence-electron chi connectivity index (χ3n) is 5.96. The molecule has 0 spiro atoms. The molecular formula is C25H25N3. The van der Waals surface area contributed by atoms with E-state index >= 15 is 0 Å². The number of fused-ring (bicyclic) bond motifs is 1. The molecule has 0 atom stereocenters. The summed E-state index contributed by atoms with van der Waals surface area (Å²) in [5, 5.41) is 0. The molecule has 28 heavy (non-hydrogen) atoms. The van der Waals surface area contributed by atoms with Crippen molar-refractivity contribution < 1.29 is 0 Å². The first-order valence-electron chi connectivity index (χ1n) is 10.3. The van der Waals surface area contributed by atoms with Crippen LogP contribution >= 0.6 is 0 Å². The van der Waals surface area contributed by atoms with E-state index in [1.807, 2.05) is 12.3 Å². The first kappa shape index (κ1) is 17.2. The second kappa shape index (κ2) is 7.23. The maximum absolute atomic E-state index is 4.67. The lowest BCUT2D eigenvalue weighted by Gasteiger charge is -2.22. The average Bonchev–Trinajstić information content (AvgIpc) is 3.18. The molecule has 0 radical (unpaired) electrons. The lowest BCUT2D eigenvalue weighted by atomic mass is 9.84. The van der Waals surface area contributed by atoms with Crippen molar-refractivity contribution >= 4 is 11.0 Å². The van der Waals surface area contributed by atoms with Crippen LogP contribution in [-0.4, -0.2) is 15.0 Å². The molecule has 5 rings (SSSR count). The van der Waals surface area contributed by atoms with E-state index in [0.29, 0.717) is 0 Å². The Kier molecular flexibility index (Phi) is 4.44. The number of aromatic nitrogens is 3. The predicted octanol–water partition coefficient (Wildman–Crippen LogP) is 6.65. The van der Waals surface area contributed by atoms with Crippen LogP contribution in [0.5, 0.6) is 0 Å². The maximum Gasteiger partial charge on any atom is 0.157 e. The fraction of sp³-hybridized carbons (Fsp3) is 0.280. The molecule has 1 fully saturated rings. The van der Waals surface area contributed by atoms with Crippen LogP contribution < -0.4 is 0 Å². The molecule has 0 bridgehead atoms. The van der Waals surface area contributed by atoms with Gasteiger partial charge < -0.3 is 4.98 Å². The van der Waals surface area contributed by atoms with Crippen LogP contribution in [0.15, 0.2) is 60.8 Å². The van der Waals surface area contributed by atoms with Gasteiger partial charge in [0.25, 0.3) is 0 Å². The van der Waals surface area contributed by atoms with E-state index in [2.05, 4.69) is 70.4 Å². The van der Waals surface area contributed by atoms with Crippen molar-refractivity contribution in [1.29, 1.82) is 0 Å². The Morgan fingerprint density at radius 3 is 2.39 bits per heavy atom. The van der Waals surface area contributed by atoms with E-state index in [-0.39, 0.29) is 0 Å². The summed E-state index contributed by atoms with van der Waals surface area (Å²) in [4.78, 5) is 12.7. The van der Waals surface area contributed by atoms with Gasteiger partial charge in [0, 0.05) is 11.8 Å². The number of pyridine rings is 1. The van der Waals surface area contributed by atoms with Crippen molar-refractivity contribution in [2.75, 3.05) is 0 Å². The highest BCUT2D eigenvalue weighted by Crippen LogP contribution is 2.33. The van der Waals surface area contributed by atoms with Crippen LogP contribution in [0, 0.1) is 6.92 Å². The Labute approximate surface area is 165 Å². The second-order valence-electron chi connectivity index (χ2n) is 8.00. The molecule has 3 heteroatoms. The molecular weight excluding hydrogens is 342 g/mol. The van der Waals surface area contributed by atoms with Crippen LogP contribution in [-0.2, 0) is 0 Å². The van der Waals surface area contributed by atoms with Crippen LogP contribution in [0.3, 0.4) is 0 Å². The van der Waals surface area contributed by atoms with Gasteiger partial charge in [0.2, 0.25) is 0 Å². The molecule has 1 saturated carbocycles. The number of imidazole rings is 1. The molecule has 0 unspecified atom stereocenters. The number of hydrogen-bond acceptors (Lipinski definition) is 2. The van der Waals surface area contributed by atoms with Gasteiger partial charge in [0.15, 0.2) is 5.82 Å². The Bertz CT molecular complexity index is 1090. The molecule has 4 aromatic rings. The Hall–Kier alpha value is -2.94. The van der Waals surface area contributed by atoms with E-state index in [4.69, 9.17) is 0 Å². The average molecular weight is 367 g/mol. The number of nitrogens with zero attached hydrogens (tertiary/aromatic N) is 2. The SMILES string of the molecule is Cc1ccc2nc(-c3ccc(-c4ccc(C5CCCCC5)cc4)cn3)[nH]c2c1. The normalized spacial score (nSPS) is 15.2. The molecule has 3 nitrogen and oxygen atoms in total. The largest absolute Gasteiger partial charge is 0.337 e. The van der Waals surface area contributed by atoms with Gasteiger partial charge in [-0.1, -0.05) is 55.7 Å². The zero-order valence-corrected chi connectivity index (χ0v) is 16.3. The van der Waals surface area contributed by atoms with Crippen molar-refractivity contribution in [3.05, 3.63) is 71.9 Å². The number of rotatable bonds is 3. The Morgan fingerprint density at radius 1 is 0.857 bits per heavy atom. The number of hydrogen-bond donors (Lipinski definition) is 1. The standard InChI is InChI=1S/C25H25N3/c1-17-7-13-22-24(15-17)28-25(27-22)23-14-12-21(16-26-23)20-10-8-19(9-11-20)18-5-3-2-4-6-18/h7-16,18H,2-6H2,1H3,(H,27,28). The molecule has 2 aromatic carbocycles. The number of nitrogens with one attached hydrogen (secondary N) is 1. The molecule has 140 valence electrons. The highest BCUT2D eigenvalue weighted by atomic mass is 14.9. The molecule has 0 aliphatic heterocycles. The number of benzene rings is 2. The van der Waals surface area contributed by atoms with Crippen LogP contribution in [0.2, 0.25) is 0 Å². The number of H-pyrrole nitrogens is 1. The Balaban J connectivity index is 1.38. The molecule has 1 aliphatic rings. The quantitative estimate of drug-likeness (QED) is 0.440. The molecule has 0 saturated heterocycles. The summed E-state index contributed by atoms with van der Waals surface area (Å²) in [6, 6.07) is 19.5. The smallest absolute Gasteiger partial charge is 0.157 e. The summed E-state index contributed by atoms with van der Waals surface area (Å²) in [5.74, 6) is 1.57. The summed E-state index contributed by atoms with van der Waals surface area (Å²) < 4.78 is 0. The summed E-state index contributed by atoms with van der Waals surface area (Å²) in [6.45, 7) is 2.09. The lowest BCUT2D eigenvalue weighted by molar-refractivity contribution is 0.443. The monoisotopic (exact) mass is 367 g/mol. The van der Waals surface area contributed by atoms with E-state index in [0.717, 1.165) is 34.0 Å². The third-order valence-corrected chi connectivity index (χ3v) is 5.96. The van der Waals surface area contributed by atoms with Gasteiger partial charge in [-0.3, -0.25) is 4.98 Å². The van der Waals surface area contributed by atoms with Crippen molar-refractivity contribution in [3.63, 3.8) is 0 Å². The van der Waals surface area contributed by atoms with E-state index in [1.54, 1.807) is 0 Å². The van der Waals surface area contributed by atoms with E-state index < -0.39 is 0 Å². The predicted molar refractivity (Wildman–Crippen MR) is 115 cm³/mol. The molecule has 2 heterocycles. The second-order valence-corrected chi connectivity index (χ2v) is 8.00. The fourth-order valence-electron chi connectivity index (χ4n) is 4.33. The van der Waals surface area contributed by atoms with E-state index in [1.165, 1.54) is 48.8 Å². The first-order valence-corrected chi connectivity index (χ1v) is 10.3. The van der Waals surface area contributed by atoms with Crippen molar-refractivity contribution in [2.24, 2.45) is 0 Å². The van der Waals surface area contributed by atoms with E-state index in [9.17, 15) is 0 Å². The lowest BCUT2D eigenvalue weighted by Crippen LogP contribution is -2.04. The number of aromatic amines is 1. The van der Waals surface area contributed by atoms with Gasteiger partial charge in [-0.25, -0.2) is 4.98 Å². The highest BCUT2D eigenvalue weighted by molar-refractivity contribution is 5.79. The third kappa shape index (κ3) is 3.33. The summed E-state index contributed by atoms with van der Waals surface area (Å²) in [6.07, 6.45) is 8.78. The zero-order chi connectivity index (χ0) is 18.9. The minimum absolute atomic E-state index is 0.750. The highest BCUT2D eigenvalue weighted by Gasteiger charge is 2.15. The minimum atomic E-state index is 0.750. The van der Waals surface area contributed by atoms with Crippen LogP contribution in [0.4, 0.5) is 0 Å². The van der Waals surface area contributed by atoms with Gasteiger partial charge >= 0.3 is 0 Å². The van der Waals surface area contributed by atoms with Gasteiger partial charge in [0.05, 0.1) is 11.0 Å². The summed E-state index contributed by atoms with van der Waals surface area (Å²) in [7, 11) is 0. The van der Waals surface area contributed by atoms with Crippen molar-refractivity contribution in [1.82, 2.24) is 15.0 Å². The molecule has 0 amide bonds. The van der Waals surface area contributed by atoms with Crippen LogP contribution in [0.1, 0.15) is 49.1 Å². The molecule has 1 N–H and O–H groups in total. The van der Waals surface area contributed by atoms with Crippen LogP contribution in [0.25, 0.3) is 33.7 Å². The first-order chi connectivity index (χ1) is 13.8. The molecule has 2 aromatic heterocycles. The maximum atomic E-state index is 4.67. The summed E-state index contributed by atoms with van der Waals surface area (Å²) >= 11 is 0. The van der Waals surface area contributed by atoms with Gasteiger partial charge in [0.1, 0.15) is 5.69 Å². The minimum Gasteiger partial charge on any atom is -0.337 e. The topological polar surface area (TPSA) is 41.6 Å². The van der Waals surface area contributed by atoms with Crippen molar-refractivity contribution in [2.45, 2.75) is 44.9 Å². The van der Waals surface area contributed by atoms with Gasteiger partial charge in [-0.05, 0) is 60.6 Å².